The van der Waals surface area contributed by atoms with E-state index in [-0.39, 0.29) is 11.8 Å². The summed E-state index contributed by atoms with van der Waals surface area (Å²) in [6.45, 7) is 4.98. The second kappa shape index (κ2) is 6.69. The Morgan fingerprint density at radius 2 is 2.11 bits per heavy atom. The molecule has 2 heterocycles. The average Bonchev–Trinajstić information content (AvgIpc) is 2.85. The van der Waals surface area contributed by atoms with Gasteiger partial charge in [0.15, 0.2) is 17.1 Å². The molecule has 0 aliphatic heterocycles. The van der Waals surface area contributed by atoms with Crippen molar-refractivity contribution >= 4 is 22.8 Å². The largest absolute Gasteiger partial charge is 0.352 e. The van der Waals surface area contributed by atoms with Crippen molar-refractivity contribution in [3.05, 3.63) is 16.6 Å². The summed E-state index contributed by atoms with van der Waals surface area (Å²) in [6.07, 6.45) is 1.15. The lowest BCUT2D eigenvalue weighted by Gasteiger charge is -2.15. The molecular formula is C11H16N4O3S. The molecule has 19 heavy (non-hydrogen) atoms. The Bertz CT molecular complexity index is 577. The van der Waals surface area contributed by atoms with E-state index in [2.05, 4.69) is 20.2 Å². The summed E-state index contributed by atoms with van der Waals surface area (Å²) in [6, 6.07) is 0. The number of hydrogen-bond acceptors (Lipinski definition) is 6. The van der Waals surface area contributed by atoms with Gasteiger partial charge in [0.05, 0.1) is 11.9 Å². The standard InChI is InChI=1S/C11H16N4O3S/c1-3-17-8(18-4-2)6-19-11-13-9-7(5-12-15-9)10(16)14-11/h5,8H,3-4,6H2,1-2H3,(H2,12,13,14,15,16). The highest BCUT2D eigenvalue weighted by molar-refractivity contribution is 7.99. The van der Waals surface area contributed by atoms with Gasteiger partial charge in [0.1, 0.15) is 5.39 Å². The molecule has 8 heteroatoms. The van der Waals surface area contributed by atoms with E-state index in [1.165, 1.54) is 18.0 Å². The third kappa shape index (κ3) is 3.55. The number of hydrogen-bond donors (Lipinski definition) is 2. The zero-order valence-corrected chi connectivity index (χ0v) is 11.6. The smallest absolute Gasteiger partial charge is 0.262 e. The Hall–Kier alpha value is -1.38. The van der Waals surface area contributed by atoms with Crippen molar-refractivity contribution in [2.75, 3.05) is 19.0 Å². The third-order valence-corrected chi connectivity index (χ3v) is 3.26. The van der Waals surface area contributed by atoms with E-state index in [0.717, 1.165) is 0 Å². The van der Waals surface area contributed by atoms with Gasteiger partial charge in [-0.05, 0) is 13.8 Å². The van der Waals surface area contributed by atoms with Gasteiger partial charge in [0.25, 0.3) is 5.56 Å². The quantitative estimate of drug-likeness (QED) is 0.450. The molecule has 0 bridgehead atoms. The van der Waals surface area contributed by atoms with Crippen molar-refractivity contribution in [3.63, 3.8) is 0 Å². The minimum atomic E-state index is -0.303. The van der Waals surface area contributed by atoms with Gasteiger partial charge < -0.3 is 14.5 Å². The van der Waals surface area contributed by atoms with Crippen molar-refractivity contribution in [2.45, 2.75) is 25.3 Å². The van der Waals surface area contributed by atoms with Gasteiger partial charge in [0.2, 0.25) is 0 Å². The van der Waals surface area contributed by atoms with Gasteiger partial charge in [-0.3, -0.25) is 9.89 Å². The molecule has 0 spiro atoms. The summed E-state index contributed by atoms with van der Waals surface area (Å²) < 4.78 is 10.8. The van der Waals surface area contributed by atoms with Gasteiger partial charge in [-0.15, -0.1) is 0 Å². The molecule has 2 rings (SSSR count). The lowest BCUT2D eigenvalue weighted by atomic mass is 10.4. The monoisotopic (exact) mass is 284 g/mol. The van der Waals surface area contributed by atoms with Crippen LogP contribution in [0.3, 0.4) is 0 Å². The second-order valence-corrected chi connectivity index (χ2v) is 4.66. The maximum atomic E-state index is 11.7. The molecule has 0 fully saturated rings. The van der Waals surface area contributed by atoms with Crippen LogP contribution in [0.5, 0.6) is 0 Å². The summed E-state index contributed by atoms with van der Waals surface area (Å²) >= 11 is 1.38. The van der Waals surface area contributed by atoms with Crippen LogP contribution in [-0.4, -0.2) is 45.4 Å². The van der Waals surface area contributed by atoms with Crippen LogP contribution in [0.4, 0.5) is 0 Å². The minimum absolute atomic E-state index is 0.203. The molecule has 104 valence electrons. The van der Waals surface area contributed by atoms with Crippen LogP contribution in [0.25, 0.3) is 11.0 Å². The fourth-order valence-electron chi connectivity index (χ4n) is 1.56. The molecule has 2 aromatic rings. The molecule has 2 aromatic heterocycles. The first-order chi connectivity index (χ1) is 9.24. The first kappa shape index (κ1) is 14.0. The van der Waals surface area contributed by atoms with E-state index in [1.54, 1.807) is 0 Å². The fraction of sp³-hybridized carbons (Fsp3) is 0.545. The highest BCUT2D eigenvalue weighted by Gasteiger charge is 2.11. The summed E-state index contributed by atoms with van der Waals surface area (Å²) in [5.41, 5.74) is 0.279. The number of H-pyrrole nitrogens is 2. The number of rotatable bonds is 7. The third-order valence-electron chi connectivity index (χ3n) is 2.36. The van der Waals surface area contributed by atoms with E-state index in [0.29, 0.717) is 35.2 Å². The number of aromatic nitrogens is 4. The van der Waals surface area contributed by atoms with Crippen molar-refractivity contribution in [3.8, 4) is 0 Å². The molecular weight excluding hydrogens is 268 g/mol. The predicted octanol–water partition coefficient (Wildman–Crippen LogP) is 1.14. The molecule has 0 unspecified atom stereocenters. The Labute approximate surface area is 114 Å². The summed E-state index contributed by atoms with van der Waals surface area (Å²) in [7, 11) is 0. The molecule has 0 aromatic carbocycles. The molecule has 0 amide bonds. The van der Waals surface area contributed by atoms with Crippen molar-refractivity contribution in [1.29, 1.82) is 0 Å². The highest BCUT2D eigenvalue weighted by atomic mass is 32.2. The molecule has 7 nitrogen and oxygen atoms in total. The maximum absolute atomic E-state index is 11.7. The van der Waals surface area contributed by atoms with Gasteiger partial charge in [-0.1, -0.05) is 11.8 Å². The Balaban J connectivity index is 2.06. The van der Waals surface area contributed by atoms with E-state index in [9.17, 15) is 4.79 Å². The number of nitrogens with one attached hydrogen (secondary N) is 2. The van der Waals surface area contributed by atoms with E-state index in [1.807, 2.05) is 13.8 Å². The van der Waals surface area contributed by atoms with E-state index in [4.69, 9.17) is 9.47 Å². The number of nitrogens with zero attached hydrogens (tertiary/aromatic N) is 2. The zero-order chi connectivity index (χ0) is 13.7. The topological polar surface area (TPSA) is 92.9 Å². The first-order valence-corrected chi connectivity index (χ1v) is 7.02. The first-order valence-electron chi connectivity index (χ1n) is 6.04. The number of fused-ring (bicyclic) bond motifs is 1. The molecule has 2 N–H and O–H groups in total. The van der Waals surface area contributed by atoms with Gasteiger partial charge in [-0.25, -0.2) is 4.98 Å². The molecule has 0 aliphatic carbocycles. The average molecular weight is 284 g/mol. The summed E-state index contributed by atoms with van der Waals surface area (Å²) in [4.78, 5) is 18.7. The van der Waals surface area contributed by atoms with Crippen LogP contribution in [0.2, 0.25) is 0 Å². The lowest BCUT2D eigenvalue weighted by Crippen LogP contribution is -2.20. The minimum Gasteiger partial charge on any atom is -0.352 e. The van der Waals surface area contributed by atoms with Crippen LogP contribution in [-0.2, 0) is 9.47 Å². The lowest BCUT2D eigenvalue weighted by molar-refractivity contribution is -0.120. The molecule has 0 atom stereocenters. The Morgan fingerprint density at radius 3 is 2.79 bits per heavy atom. The normalized spacial score (nSPS) is 11.5. The van der Waals surface area contributed by atoms with Crippen molar-refractivity contribution in [2.24, 2.45) is 0 Å². The number of aromatic amines is 2. The summed E-state index contributed by atoms with van der Waals surface area (Å²) in [5, 5.41) is 7.45. The zero-order valence-electron chi connectivity index (χ0n) is 10.8. The fourth-order valence-corrected chi connectivity index (χ4v) is 2.36. The molecule has 0 radical (unpaired) electrons. The van der Waals surface area contributed by atoms with Crippen LogP contribution in [0.15, 0.2) is 16.1 Å². The molecule has 0 saturated heterocycles. The predicted molar refractivity (Wildman–Crippen MR) is 72.3 cm³/mol. The van der Waals surface area contributed by atoms with Crippen molar-refractivity contribution < 1.29 is 9.47 Å². The second-order valence-electron chi connectivity index (χ2n) is 3.65. The van der Waals surface area contributed by atoms with Crippen LogP contribution < -0.4 is 5.56 Å². The maximum Gasteiger partial charge on any atom is 0.262 e. The Kier molecular flexibility index (Phi) is 4.94. The summed E-state index contributed by atoms with van der Waals surface area (Å²) in [5.74, 6) is 0.560. The Morgan fingerprint density at radius 1 is 1.37 bits per heavy atom. The van der Waals surface area contributed by atoms with Crippen LogP contribution in [0.1, 0.15) is 13.8 Å². The number of ether oxygens (including phenoxy) is 2. The van der Waals surface area contributed by atoms with E-state index >= 15 is 0 Å². The SMILES string of the molecule is CCOC(CSc1nc2[nH]ncc2c(=O)[nH]1)OCC. The number of thioether (sulfide) groups is 1. The molecule has 0 saturated carbocycles. The van der Waals surface area contributed by atoms with Crippen LogP contribution in [0, 0.1) is 0 Å². The van der Waals surface area contributed by atoms with E-state index < -0.39 is 0 Å². The van der Waals surface area contributed by atoms with Gasteiger partial charge in [-0.2, -0.15) is 5.10 Å². The van der Waals surface area contributed by atoms with Gasteiger partial charge in [0, 0.05) is 13.2 Å². The van der Waals surface area contributed by atoms with Crippen LogP contribution >= 0.6 is 11.8 Å². The molecule has 0 aliphatic rings. The highest BCUT2D eigenvalue weighted by Crippen LogP contribution is 2.16. The van der Waals surface area contributed by atoms with Gasteiger partial charge >= 0.3 is 0 Å². The van der Waals surface area contributed by atoms with Crippen molar-refractivity contribution in [1.82, 2.24) is 20.2 Å².